The molecule has 1 aromatic carbocycles. The lowest BCUT2D eigenvalue weighted by molar-refractivity contribution is -0.123. The summed E-state index contributed by atoms with van der Waals surface area (Å²) in [6.45, 7) is 3.57. The minimum Gasteiger partial charge on any atom is -0.360 e. The van der Waals surface area contributed by atoms with E-state index in [2.05, 4.69) is 4.79 Å². The molecule has 0 aliphatic heterocycles. The fourth-order valence-electron chi connectivity index (χ4n) is 1.57. The van der Waals surface area contributed by atoms with Crippen LogP contribution in [-0.4, -0.2) is 28.7 Å². The zero-order valence-electron chi connectivity index (χ0n) is 10.5. The Balaban J connectivity index is 3.10. The van der Waals surface area contributed by atoms with E-state index >= 15 is 0 Å². The van der Waals surface area contributed by atoms with Gasteiger partial charge in [-0.2, -0.15) is 4.79 Å². The van der Waals surface area contributed by atoms with Crippen molar-refractivity contribution in [3.63, 3.8) is 0 Å². The molecule has 0 saturated carbocycles. The number of benzene rings is 1. The molecule has 1 aromatic rings. The summed E-state index contributed by atoms with van der Waals surface area (Å²) in [6, 6.07) is 8.97. The van der Waals surface area contributed by atoms with Crippen LogP contribution in [0.2, 0.25) is 0 Å². The Kier molecular flexibility index (Phi) is 4.96. The molecule has 0 unspecified atom stereocenters. The third kappa shape index (κ3) is 3.12. The predicted octanol–water partition coefficient (Wildman–Crippen LogP) is 1.69. The standard InChI is InChI=1S/C13H15N3O2/c1-3-9-16(11-7-5-4-6-8-11)13(18)12(15-14)10(2)17/h4-8H,3,9H2,1-2H3. The van der Waals surface area contributed by atoms with Crippen LogP contribution in [0.4, 0.5) is 5.69 Å². The van der Waals surface area contributed by atoms with Crippen LogP contribution < -0.4 is 4.90 Å². The second kappa shape index (κ2) is 6.47. The Bertz CT molecular complexity index is 490. The second-order valence-electron chi connectivity index (χ2n) is 3.80. The van der Waals surface area contributed by atoms with E-state index in [0.717, 1.165) is 6.42 Å². The smallest absolute Gasteiger partial charge is 0.360 e. The average molecular weight is 245 g/mol. The van der Waals surface area contributed by atoms with Crippen molar-refractivity contribution in [2.45, 2.75) is 20.3 Å². The molecular formula is C13H15N3O2. The third-order valence-electron chi connectivity index (χ3n) is 2.40. The molecule has 5 heteroatoms. The Morgan fingerprint density at radius 3 is 2.33 bits per heavy atom. The lowest BCUT2D eigenvalue weighted by Crippen LogP contribution is -2.40. The van der Waals surface area contributed by atoms with E-state index < -0.39 is 17.4 Å². The maximum absolute atomic E-state index is 12.1. The average Bonchev–Trinajstić information content (AvgIpc) is 2.37. The quantitative estimate of drug-likeness (QED) is 0.342. The van der Waals surface area contributed by atoms with Gasteiger partial charge in [-0.1, -0.05) is 25.1 Å². The van der Waals surface area contributed by atoms with Crippen molar-refractivity contribution in [1.29, 1.82) is 0 Å². The van der Waals surface area contributed by atoms with Crippen molar-refractivity contribution < 1.29 is 14.4 Å². The number of rotatable bonds is 5. The number of ketones is 1. The number of nitrogens with zero attached hydrogens (tertiary/aromatic N) is 3. The van der Waals surface area contributed by atoms with Gasteiger partial charge in [0.15, 0.2) is 0 Å². The van der Waals surface area contributed by atoms with Crippen molar-refractivity contribution in [3.8, 4) is 0 Å². The van der Waals surface area contributed by atoms with Gasteiger partial charge in [-0.25, -0.2) is 0 Å². The molecule has 0 heterocycles. The maximum Gasteiger partial charge on any atom is 0.421 e. The fraction of sp³-hybridized carbons (Fsp3) is 0.308. The monoisotopic (exact) mass is 245 g/mol. The number of hydrogen-bond acceptors (Lipinski definition) is 2. The van der Waals surface area contributed by atoms with E-state index in [1.807, 2.05) is 13.0 Å². The van der Waals surface area contributed by atoms with Crippen LogP contribution in [-0.2, 0) is 9.59 Å². The summed E-state index contributed by atoms with van der Waals surface area (Å²) in [5.41, 5.74) is 8.97. The van der Waals surface area contributed by atoms with E-state index in [1.54, 1.807) is 24.3 Å². The number of carbonyl (C=O) groups is 2. The van der Waals surface area contributed by atoms with Crippen LogP contribution in [0.1, 0.15) is 20.3 Å². The number of Topliss-reactive ketones (excluding diaryl/α,β-unsaturated/α-hetero) is 1. The minimum atomic E-state index is -0.585. The molecule has 0 aromatic heterocycles. The summed E-state index contributed by atoms with van der Waals surface area (Å²) in [5, 5.41) is 0. The first-order valence-electron chi connectivity index (χ1n) is 5.71. The van der Waals surface area contributed by atoms with Gasteiger partial charge in [-0.05, 0) is 18.6 Å². The van der Waals surface area contributed by atoms with Crippen LogP contribution in [0.5, 0.6) is 0 Å². The summed E-state index contributed by atoms with van der Waals surface area (Å²) in [7, 11) is 0. The van der Waals surface area contributed by atoms with Crippen molar-refractivity contribution >= 4 is 23.1 Å². The number of hydrogen-bond donors (Lipinski definition) is 0. The molecule has 94 valence electrons. The summed E-state index contributed by atoms with van der Waals surface area (Å²) in [5.74, 6) is -1.14. The molecule has 0 atom stereocenters. The first-order valence-corrected chi connectivity index (χ1v) is 5.71. The minimum absolute atomic E-state index is 0.452. The lowest BCUT2D eigenvalue weighted by atomic mass is 10.2. The van der Waals surface area contributed by atoms with E-state index in [9.17, 15) is 9.59 Å². The third-order valence-corrected chi connectivity index (χ3v) is 2.40. The molecule has 0 saturated heterocycles. The molecule has 1 rings (SSSR count). The van der Waals surface area contributed by atoms with Gasteiger partial charge in [0.2, 0.25) is 5.78 Å². The van der Waals surface area contributed by atoms with Gasteiger partial charge >= 0.3 is 11.6 Å². The first kappa shape index (κ1) is 13.8. The molecule has 0 bridgehead atoms. The molecule has 0 aliphatic carbocycles. The van der Waals surface area contributed by atoms with Gasteiger partial charge in [0.05, 0.1) is 0 Å². The lowest BCUT2D eigenvalue weighted by Gasteiger charge is -2.19. The summed E-state index contributed by atoms with van der Waals surface area (Å²) < 4.78 is 0. The van der Waals surface area contributed by atoms with Crippen LogP contribution in [0.15, 0.2) is 30.3 Å². The summed E-state index contributed by atoms with van der Waals surface area (Å²) in [6.07, 6.45) is 0.733. The van der Waals surface area contributed by atoms with Gasteiger partial charge in [-0.3, -0.25) is 9.59 Å². The number of carbonyl (C=O) groups excluding carboxylic acids is 2. The van der Waals surface area contributed by atoms with Crippen molar-refractivity contribution in [2.24, 2.45) is 0 Å². The zero-order valence-corrected chi connectivity index (χ0v) is 10.5. The fourth-order valence-corrected chi connectivity index (χ4v) is 1.57. The van der Waals surface area contributed by atoms with Crippen LogP contribution >= 0.6 is 0 Å². The molecule has 0 aliphatic rings. The summed E-state index contributed by atoms with van der Waals surface area (Å²) >= 11 is 0. The highest BCUT2D eigenvalue weighted by molar-refractivity contribution is 6.65. The van der Waals surface area contributed by atoms with E-state index in [4.69, 9.17) is 5.53 Å². The highest BCUT2D eigenvalue weighted by Crippen LogP contribution is 2.14. The van der Waals surface area contributed by atoms with Crippen molar-refractivity contribution in [3.05, 3.63) is 35.9 Å². The largest absolute Gasteiger partial charge is 0.421 e. The molecule has 5 nitrogen and oxygen atoms in total. The van der Waals surface area contributed by atoms with Gasteiger partial charge < -0.3 is 10.4 Å². The van der Waals surface area contributed by atoms with E-state index in [0.29, 0.717) is 12.2 Å². The highest BCUT2D eigenvalue weighted by atomic mass is 16.2. The van der Waals surface area contributed by atoms with Crippen LogP contribution in [0, 0.1) is 0 Å². The molecule has 0 radical (unpaired) electrons. The number of para-hydroxylation sites is 1. The predicted molar refractivity (Wildman–Crippen MR) is 68.4 cm³/mol. The normalized spacial score (nSPS) is 9.44. The second-order valence-corrected chi connectivity index (χ2v) is 3.80. The number of anilines is 1. The Morgan fingerprint density at radius 2 is 1.89 bits per heavy atom. The Morgan fingerprint density at radius 1 is 1.28 bits per heavy atom. The molecule has 0 N–H and O–H groups in total. The maximum atomic E-state index is 12.1. The van der Waals surface area contributed by atoms with Crippen molar-refractivity contribution in [1.82, 2.24) is 0 Å². The molecule has 0 spiro atoms. The Labute approximate surface area is 106 Å². The van der Waals surface area contributed by atoms with Crippen molar-refractivity contribution in [2.75, 3.05) is 11.4 Å². The van der Waals surface area contributed by atoms with Crippen LogP contribution in [0.3, 0.4) is 0 Å². The first-order chi connectivity index (χ1) is 8.61. The van der Waals surface area contributed by atoms with Gasteiger partial charge in [-0.15, -0.1) is 0 Å². The SMILES string of the molecule is CCCN(C(=O)C(=[N+]=[N-])C(C)=O)c1ccccc1. The highest BCUT2D eigenvalue weighted by Gasteiger charge is 2.31. The van der Waals surface area contributed by atoms with Crippen LogP contribution in [0.25, 0.3) is 5.53 Å². The molecule has 1 amide bonds. The topological polar surface area (TPSA) is 73.8 Å². The summed E-state index contributed by atoms with van der Waals surface area (Å²) in [4.78, 5) is 27.6. The van der Waals surface area contributed by atoms with Gasteiger partial charge in [0, 0.05) is 19.2 Å². The molecule has 0 fully saturated rings. The Hall–Kier alpha value is -2.26. The zero-order chi connectivity index (χ0) is 13.5. The van der Waals surface area contributed by atoms with Gasteiger partial charge in [0.25, 0.3) is 0 Å². The van der Waals surface area contributed by atoms with E-state index in [-0.39, 0.29) is 0 Å². The van der Waals surface area contributed by atoms with E-state index in [1.165, 1.54) is 11.8 Å². The molecular weight excluding hydrogens is 230 g/mol. The number of amides is 1. The molecule has 18 heavy (non-hydrogen) atoms. The van der Waals surface area contributed by atoms with Gasteiger partial charge in [0.1, 0.15) is 0 Å².